The Bertz CT molecular complexity index is 850. The summed E-state index contributed by atoms with van der Waals surface area (Å²) in [4.78, 5) is 21.6. The molecule has 1 aromatic carbocycles. The van der Waals surface area contributed by atoms with Crippen LogP contribution < -0.4 is 5.32 Å². The van der Waals surface area contributed by atoms with Crippen molar-refractivity contribution in [3.8, 4) is 0 Å². The summed E-state index contributed by atoms with van der Waals surface area (Å²) in [6.45, 7) is 16.5. The standard InChI is InChI=1S/C24H31N3O.C3H8.C2H6/c1-5-20(16-15-18(3)4)22-17-25-24(21(6-2)26-22)27-23(28)14-10-13-19-11-8-7-9-12-19;1-3-2;1-2/h7-9,11-12,15-17H,5-6,10,13-14H2,1-4H3,(H,25,27,28);3H2,1-2H3;1-2H3/b20-16+;;. The number of amides is 1. The first-order chi connectivity index (χ1) is 15.9. The maximum absolute atomic E-state index is 12.3. The highest BCUT2D eigenvalue weighted by atomic mass is 16.1. The fraction of sp³-hybridized carbons (Fsp3) is 0.483. The van der Waals surface area contributed by atoms with E-state index in [1.54, 1.807) is 6.20 Å². The maximum atomic E-state index is 12.3. The smallest absolute Gasteiger partial charge is 0.225 e. The van der Waals surface area contributed by atoms with Crippen molar-refractivity contribution in [1.82, 2.24) is 9.97 Å². The Labute approximate surface area is 202 Å². The highest BCUT2D eigenvalue weighted by Gasteiger charge is 2.11. The van der Waals surface area contributed by atoms with E-state index in [9.17, 15) is 4.79 Å². The monoisotopic (exact) mass is 451 g/mol. The average Bonchev–Trinajstić information content (AvgIpc) is 2.82. The predicted octanol–water partition coefficient (Wildman–Crippen LogP) is 8.20. The molecule has 1 aromatic heterocycles. The van der Waals surface area contributed by atoms with Gasteiger partial charge in [-0.25, -0.2) is 9.97 Å². The van der Waals surface area contributed by atoms with Gasteiger partial charge in [-0.05, 0) is 50.7 Å². The topological polar surface area (TPSA) is 54.9 Å². The van der Waals surface area contributed by atoms with Crippen molar-refractivity contribution in [1.29, 1.82) is 0 Å². The van der Waals surface area contributed by atoms with Gasteiger partial charge in [0.1, 0.15) is 0 Å². The van der Waals surface area contributed by atoms with Gasteiger partial charge in [0, 0.05) is 6.42 Å². The number of carbonyl (C=O) groups is 1. The lowest BCUT2D eigenvalue weighted by Crippen LogP contribution is -2.15. The lowest BCUT2D eigenvalue weighted by atomic mass is 10.1. The van der Waals surface area contributed by atoms with Gasteiger partial charge in [-0.2, -0.15) is 0 Å². The molecule has 0 radical (unpaired) electrons. The van der Waals surface area contributed by atoms with Crippen LogP contribution in [0.15, 0.2) is 54.3 Å². The Morgan fingerprint density at radius 2 is 1.64 bits per heavy atom. The third-order valence-corrected chi connectivity index (χ3v) is 4.48. The number of carbonyl (C=O) groups excluding carboxylic acids is 1. The van der Waals surface area contributed by atoms with E-state index < -0.39 is 0 Å². The summed E-state index contributed by atoms with van der Waals surface area (Å²) in [5.74, 6) is 0.567. The molecule has 0 fully saturated rings. The molecular formula is C29H45N3O. The zero-order valence-electron chi connectivity index (χ0n) is 22.2. The van der Waals surface area contributed by atoms with Crippen LogP contribution in [0.5, 0.6) is 0 Å². The van der Waals surface area contributed by atoms with Gasteiger partial charge in [0.15, 0.2) is 5.82 Å². The molecule has 0 atom stereocenters. The Morgan fingerprint density at radius 3 is 2.18 bits per heavy atom. The molecule has 0 unspecified atom stereocenters. The van der Waals surface area contributed by atoms with Crippen molar-refractivity contribution in [3.63, 3.8) is 0 Å². The summed E-state index contributed by atoms with van der Waals surface area (Å²) in [5, 5.41) is 2.94. The summed E-state index contributed by atoms with van der Waals surface area (Å²) < 4.78 is 0. The molecule has 0 bridgehead atoms. The molecule has 1 N–H and O–H groups in total. The van der Waals surface area contributed by atoms with Crippen molar-refractivity contribution >= 4 is 17.3 Å². The quantitative estimate of drug-likeness (QED) is 0.391. The molecular weight excluding hydrogens is 406 g/mol. The molecule has 0 aliphatic heterocycles. The van der Waals surface area contributed by atoms with E-state index in [4.69, 9.17) is 4.98 Å². The number of nitrogens with zero attached hydrogens (tertiary/aromatic N) is 2. The number of allylic oxidation sites excluding steroid dienone is 4. The van der Waals surface area contributed by atoms with E-state index in [2.05, 4.69) is 69.2 Å². The number of aromatic nitrogens is 2. The molecule has 0 saturated carbocycles. The van der Waals surface area contributed by atoms with Crippen molar-refractivity contribution in [2.24, 2.45) is 0 Å². The Hall–Kier alpha value is -2.75. The summed E-state index contributed by atoms with van der Waals surface area (Å²) in [6, 6.07) is 10.2. The second kappa shape index (κ2) is 18.8. The second-order valence-corrected chi connectivity index (χ2v) is 7.79. The zero-order chi connectivity index (χ0) is 25.1. The Kier molecular flexibility index (Phi) is 17.2. The predicted molar refractivity (Wildman–Crippen MR) is 144 cm³/mol. The van der Waals surface area contributed by atoms with Gasteiger partial charge in [0.2, 0.25) is 5.91 Å². The summed E-state index contributed by atoms with van der Waals surface area (Å²) >= 11 is 0. The van der Waals surface area contributed by atoms with Crippen LogP contribution >= 0.6 is 0 Å². The van der Waals surface area contributed by atoms with Crippen LogP contribution in [0.1, 0.15) is 98.0 Å². The van der Waals surface area contributed by atoms with E-state index in [-0.39, 0.29) is 5.91 Å². The van der Waals surface area contributed by atoms with Gasteiger partial charge >= 0.3 is 0 Å². The van der Waals surface area contributed by atoms with Crippen molar-refractivity contribution < 1.29 is 4.79 Å². The number of anilines is 1. The molecule has 2 aromatic rings. The SMILES string of the molecule is CC.CC/C(=C\C=C(C)C)c1cnc(NC(=O)CCCc2ccccc2)c(CC)n1.CCC. The number of hydrogen-bond donors (Lipinski definition) is 1. The zero-order valence-corrected chi connectivity index (χ0v) is 22.2. The van der Waals surface area contributed by atoms with Gasteiger partial charge in [0.25, 0.3) is 0 Å². The van der Waals surface area contributed by atoms with Gasteiger partial charge in [-0.1, -0.05) is 96.0 Å². The molecule has 2 rings (SSSR count). The van der Waals surface area contributed by atoms with E-state index in [1.165, 1.54) is 17.6 Å². The Balaban J connectivity index is 0.00000189. The van der Waals surface area contributed by atoms with Crippen LogP contribution in [0.25, 0.3) is 5.57 Å². The molecule has 182 valence electrons. The number of benzene rings is 1. The molecule has 0 saturated heterocycles. The third kappa shape index (κ3) is 12.8. The lowest BCUT2D eigenvalue weighted by Gasteiger charge is -2.11. The molecule has 4 heteroatoms. The summed E-state index contributed by atoms with van der Waals surface area (Å²) in [6.07, 6.45) is 11.0. The van der Waals surface area contributed by atoms with E-state index in [1.807, 2.05) is 39.0 Å². The van der Waals surface area contributed by atoms with Gasteiger partial charge in [-0.15, -0.1) is 0 Å². The number of hydrogen-bond acceptors (Lipinski definition) is 3. The van der Waals surface area contributed by atoms with Crippen LogP contribution in [0, 0.1) is 0 Å². The molecule has 0 spiro atoms. The molecule has 1 heterocycles. The van der Waals surface area contributed by atoms with Crippen molar-refractivity contribution in [2.45, 2.75) is 93.9 Å². The average molecular weight is 452 g/mol. The minimum absolute atomic E-state index is 0.0107. The fourth-order valence-corrected chi connectivity index (χ4v) is 2.88. The largest absolute Gasteiger partial charge is 0.309 e. The minimum Gasteiger partial charge on any atom is -0.309 e. The first kappa shape index (κ1) is 30.2. The van der Waals surface area contributed by atoms with Crippen LogP contribution in [0.3, 0.4) is 0 Å². The molecule has 1 amide bonds. The van der Waals surface area contributed by atoms with Crippen LogP contribution in [-0.2, 0) is 17.6 Å². The van der Waals surface area contributed by atoms with E-state index in [0.717, 1.165) is 42.6 Å². The second-order valence-electron chi connectivity index (χ2n) is 7.79. The molecule has 0 aliphatic carbocycles. The molecule has 4 nitrogen and oxygen atoms in total. The Morgan fingerprint density at radius 1 is 1.00 bits per heavy atom. The van der Waals surface area contributed by atoms with Crippen LogP contribution in [-0.4, -0.2) is 15.9 Å². The van der Waals surface area contributed by atoms with Crippen LogP contribution in [0.4, 0.5) is 5.82 Å². The molecule has 0 aliphatic rings. The first-order valence-electron chi connectivity index (χ1n) is 12.5. The highest BCUT2D eigenvalue weighted by molar-refractivity contribution is 5.90. The van der Waals surface area contributed by atoms with E-state index >= 15 is 0 Å². The lowest BCUT2D eigenvalue weighted by molar-refractivity contribution is -0.116. The number of rotatable bonds is 9. The molecule has 33 heavy (non-hydrogen) atoms. The summed E-state index contributed by atoms with van der Waals surface area (Å²) in [5.41, 5.74) is 5.34. The van der Waals surface area contributed by atoms with Gasteiger partial charge in [-0.3, -0.25) is 4.79 Å². The van der Waals surface area contributed by atoms with Gasteiger partial charge < -0.3 is 5.32 Å². The minimum atomic E-state index is -0.0107. The summed E-state index contributed by atoms with van der Waals surface area (Å²) in [7, 11) is 0. The van der Waals surface area contributed by atoms with E-state index in [0.29, 0.717) is 12.2 Å². The first-order valence-corrected chi connectivity index (χ1v) is 12.5. The van der Waals surface area contributed by atoms with Crippen molar-refractivity contribution in [3.05, 3.63) is 71.2 Å². The van der Waals surface area contributed by atoms with Crippen LogP contribution in [0.2, 0.25) is 0 Å². The normalized spacial score (nSPS) is 10.2. The number of aryl methyl sites for hydroxylation is 2. The van der Waals surface area contributed by atoms with Gasteiger partial charge in [0.05, 0.1) is 17.6 Å². The highest BCUT2D eigenvalue weighted by Crippen LogP contribution is 2.20. The maximum Gasteiger partial charge on any atom is 0.225 e. The third-order valence-electron chi connectivity index (χ3n) is 4.48. The fourth-order valence-electron chi connectivity index (χ4n) is 2.88. The number of nitrogens with one attached hydrogen (secondary N) is 1. The van der Waals surface area contributed by atoms with Crippen molar-refractivity contribution in [2.75, 3.05) is 5.32 Å².